The largest absolute Gasteiger partial charge is 0.304 e. The van der Waals surface area contributed by atoms with Gasteiger partial charge in [0.15, 0.2) is 11.3 Å². The van der Waals surface area contributed by atoms with E-state index in [1.165, 1.54) is 0 Å². The molecule has 5 rings (SSSR count). The molecule has 29 heavy (non-hydrogen) atoms. The molecular weight excluding hydrogens is 362 g/mol. The number of hydrogen-bond donors (Lipinski definition) is 0. The Bertz CT molecular complexity index is 1390. The van der Waals surface area contributed by atoms with E-state index in [2.05, 4.69) is 24.0 Å². The number of aromatic nitrogens is 5. The lowest BCUT2D eigenvalue weighted by Gasteiger charge is -2.07. The van der Waals surface area contributed by atoms with Crippen LogP contribution in [0.4, 0.5) is 0 Å². The van der Waals surface area contributed by atoms with Crippen molar-refractivity contribution in [2.45, 2.75) is 32.9 Å². The number of nitrogens with zero attached hydrogens (tertiary/aromatic N) is 5. The summed E-state index contributed by atoms with van der Waals surface area (Å²) in [5, 5.41) is 0.549. The Kier molecular flexibility index (Phi) is 4.31. The minimum Gasteiger partial charge on any atom is -0.304 e. The molecule has 6 heteroatoms. The lowest BCUT2D eigenvalue weighted by atomic mass is 10.2. The van der Waals surface area contributed by atoms with Gasteiger partial charge in [-0.05, 0) is 24.1 Å². The van der Waals surface area contributed by atoms with E-state index in [0.29, 0.717) is 35.3 Å². The topological polar surface area (TPSA) is 65.6 Å². The molecule has 0 radical (unpaired) electrons. The van der Waals surface area contributed by atoms with E-state index in [-0.39, 0.29) is 5.56 Å². The Morgan fingerprint density at radius 2 is 1.62 bits per heavy atom. The third-order valence-corrected chi connectivity index (χ3v) is 5.25. The Morgan fingerprint density at radius 3 is 2.38 bits per heavy atom. The van der Waals surface area contributed by atoms with Crippen LogP contribution in [0.2, 0.25) is 0 Å². The van der Waals surface area contributed by atoms with Crippen molar-refractivity contribution in [3.8, 4) is 0 Å². The van der Waals surface area contributed by atoms with E-state index in [4.69, 9.17) is 9.97 Å². The lowest BCUT2D eigenvalue weighted by molar-refractivity contribution is 0.607. The molecule has 0 fully saturated rings. The van der Waals surface area contributed by atoms with Crippen molar-refractivity contribution < 1.29 is 0 Å². The minimum absolute atomic E-state index is 0.0511. The van der Waals surface area contributed by atoms with E-state index >= 15 is 0 Å². The fourth-order valence-electron chi connectivity index (χ4n) is 3.74. The van der Waals surface area contributed by atoms with Crippen molar-refractivity contribution in [2.24, 2.45) is 0 Å². The van der Waals surface area contributed by atoms with Crippen molar-refractivity contribution in [1.29, 1.82) is 0 Å². The molecule has 0 aliphatic carbocycles. The van der Waals surface area contributed by atoms with Crippen LogP contribution in [-0.2, 0) is 13.1 Å². The molecule has 0 aliphatic heterocycles. The lowest BCUT2D eigenvalue weighted by Crippen LogP contribution is -2.20. The Hall–Kier alpha value is -3.54. The van der Waals surface area contributed by atoms with Gasteiger partial charge in [0.1, 0.15) is 10.9 Å². The fraction of sp³-hybridized carbons (Fsp3) is 0.217. The third kappa shape index (κ3) is 2.97. The first-order valence-corrected chi connectivity index (χ1v) is 9.94. The molecule has 0 unspecified atom stereocenters. The van der Waals surface area contributed by atoms with Crippen LogP contribution >= 0.6 is 0 Å². The van der Waals surface area contributed by atoms with Crippen LogP contribution in [0, 0.1) is 0 Å². The highest BCUT2D eigenvalue weighted by Crippen LogP contribution is 2.25. The maximum absolute atomic E-state index is 13.3. The molecule has 3 aromatic heterocycles. The second kappa shape index (κ2) is 7.13. The molecule has 6 nitrogen and oxygen atoms in total. The van der Waals surface area contributed by atoms with Gasteiger partial charge in [-0.1, -0.05) is 55.8 Å². The smallest absolute Gasteiger partial charge is 0.265 e. The van der Waals surface area contributed by atoms with E-state index in [1.807, 2.05) is 47.0 Å². The van der Waals surface area contributed by atoms with Gasteiger partial charge in [-0.15, -0.1) is 0 Å². The normalized spacial score (nSPS) is 11.6. The van der Waals surface area contributed by atoms with Gasteiger partial charge in [0.25, 0.3) is 5.56 Å². The van der Waals surface area contributed by atoms with Crippen LogP contribution in [0.15, 0.2) is 65.7 Å². The van der Waals surface area contributed by atoms with E-state index in [0.717, 1.165) is 29.4 Å². The second-order valence-corrected chi connectivity index (χ2v) is 7.25. The summed E-state index contributed by atoms with van der Waals surface area (Å²) in [7, 11) is 0. The molecule has 2 aromatic carbocycles. The number of rotatable bonds is 5. The molecule has 144 valence electrons. The maximum atomic E-state index is 13.3. The first kappa shape index (κ1) is 17.6. The molecule has 0 spiro atoms. The average Bonchev–Trinajstić information content (AvgIpc) is 3.05. The molecule has 0 atom stereocenters. The summed E-state index contributed by atoms with van der Waals surface area (Å²) < 4.78 is 3.69. The summed E-state index contributed by atoms with van der Waals surface area (Å²) in [6.45, 7) is 3.35. The zero-order chi connectivity index (χ0) is 19.8. The average molecular weight is 383 g/mol. The van der Waals surface area contributed by atoms with Crippen LogP contribution < -0.4 is 5.56 Å². The molecule has 0 aliphatic rings. The molecule has 0 amide bonds. The summed E-state index contributed by atoms with van der Waals surface area (Å²) in [6.07, 6.45) is 3.61. The van der Waals surface area contributed by atoms with Crippen LogP contribution in [0.3, 0.4) is 0 Å². The number of fused-ring (bicyclic) bond motifs is 4. The highest BCUT2D eigenvalue weighted by atomic mass is 16.1. The monoisotopic (exact) mass is 383 g/mol. The summed E-state index contributed by atoms with van der Waals surface area (Å²) in [6, 6.07) is 17.9. The maximum Gasteiger partial charge on any atom is 0.265 e. The number of para-hydroxylation sites is 2. The standard InChI is InChI=1S/C23H21N5O/c1-2-3-13-27-15-24-21-19(23(27)29)20-22(26-18-12-8-7-11-17(18)25-20)28(21)14-16-9-5-4-6-10-16/h4-12,15H,2-3,13-14H2,1H3. The predicted molar refractivity (Wildman–Crippen MR) is 115 cm³/mol. The van der Waals surface area contributed by atoms with Crippen LogP contribution in [0.1, 0.15) is 25.3 Å². The molecular formula is C23H21N5O. The molecule has 0 bridgehead atoms. The number of hydrogen-bond acceptors (Lipinski definition) is 4. The summed E-state index contributed by atoms with van der Waals surface area (Å²) in [4.78, 5) is 27.6. The second-order valence-electron chi connectivity index (χ2n) is 7.25. The molecule has 3 heterocycles. The first-order valence-electron chi connectivity index (χ1n) is 9.94. The van der Waals surface area contributed by atoms with Crippen molar-refractivity contribution in [1.82, 2.24) is 24.1 Å². The van der Waals surface area contributed by atoms with Gasteiger partial charge in [-0.25, -0.2) is 15.0 Å². The summed E-state index contributed by atoms with van der Waals surface area (Å²) in [5.74, 6) is 0. The summed E-state index contributed by atoms with van der Waals surface area (Å²) in [5.41, 5.74) is 4.61. The van der Waals surface area contributed by atoms with Crippen LogP contribution in [-0.4, -0.2) is 24.1 Å². The Balaban J connectivity index is 1.84. The van der Waals surface area contributed by atoms with Gasteiger partial charge in [0, 0.05) is 6.54 Å². The first-order chi connectivity index (χ1) is 14.3. The summed E-state index contributed by atoms with van der Waals surface area (Å²) >= 11 is 0. The van der Waals surface area contributed by atoms with Gasteiger partial charge in [0.2, 0.25) is 0 Å². The Morgan fingerprint density at radius 1 is 0.897 bits per heavy atom. The van der Waals surface area contributed by atoms with Crippen LogP contribution in [0.25, 0.3) is 33.2 Å². The van der Waals surface area contributed by atoms with Gasteiger partial charge in [-0.2, -0.15) is 0 Å². The predicted octanol–water partition coefficient (Wildman–Crippen LogP) is 4.14. The van der Waals surface area contributed by atoms with Gasteiger partial charge >= 0.3 is 0 Å². The van der Waals surface area contributed by atoms with E-state index in [9.17, 15) is 4.79 Å². The zero-order valence-corrected chi connectivity index (χ0v) is 16.2. The Labute approximate surface area is 167 Å². The van der Waals surface area contributed by atoms with Crippen LogP contribution in [0.5, 0.6) is 0 Å². The molecule has 0 saturated carbocycles. The fourth-order valence-corrected chi connectivity index (χ4v) is 3.74. The van der Waals surface area contributed by atoms with Gasteiger partial charge in [-0.3, -0.25) is 9.36 Å². The molecule has 0 N–H and O–H groups in total. The van der Waals surface area contributed by atoms with Gasteiger partial charge < -0.3 is 4.57 Å². The minimum atomic E-state index is -0.0511. The highest BCUT2D eigenvalue weighted by Gasteiger charge is 2.19. The SMILES string of the molecule is CCCCn1cnc2c(c1=O)c1nc3ccccc3nc1n2Cc1ccccc1. The molecule has 5 aromatic rings. The van der Waals surface area contributed by atoms with Crippen molar-refractivity contribution in [2.75, 3.05) is 0 Å². The van der Waals surface area contributed by atoms with Crippen molar-refractivity contribution in [3.63, 3.8) is 0 Å². The van der Waals surface area contributed by atoms with Gasteiger partial charge in [0.05, 0.1) is 23.9 Å². The van der Waals surface area contributed by atoms with E-state index in [1.54, 1.807) is 10.9 Å². The van der Waals surface area contributed by atoms with Crippen molar-refractivity contribution in [3.05, 3.63) is 76.8 Å². The number of benzene rings is 2. The van der Waals surface area contributed by atoms with E-state index < -0.39 is 0 Å². The number of aryl methyl sites for hydroxylation is 1. The van der Waals surface area contributed by atoms with Crippen molar-refractivity contribution >= 4 is 33.2 Å². The quantitative estimate of drug-likeness (QED) is 0.457. The number of unbranched alkanes of at least 4 members (excludes halogenated alkanes) is 1. The highest BCUT2D eigenvalue weighted by molar-refractivity contribution is 6.04. The molecule has 0 saturated heterocycles. The zero-order valence-electron chi connectivity index (χ0n) is 16.2. The third-order valence-electron chi connectivity index (χ3n) is 5.25.